The third-order valence-corrected chi connectivity index (χ3v) is 6.01. The van der Waals surface area contributed by atoms with E-state index >= 15 is 0 Å². The fourth-order valence-electron chi connectivity index (χ4n) is 1.37. The molecule has 0 aromatic heterocycles. The molecule has 74 valence electrons. The van der Waals surface area contributed by atoms with E-state index in [-0.39, 0.29) is 0 Å². The zero-order valence-corrected chi connectivity index (χ0v) is 9.70. The maximum absolute atomic E-state index is 11.9. The van der Waals surface area contributed by atoms with Crippen molar-refractivity contribution in [3.8, 4) is 0 Å². The standard InChI is InChI=1S/C10H23OP/c1-4-7-8-9-10-12(11,5-2)6-3/h4-10H2,1-3H3. The predicted octanol–water partition coefficient (Wildman–Crippen LogP) is 3.97. The molecular formula is C10H23OP. The summed E-state index contributed by atoms with van der Waals surface area (Å²) < 4.78 is 11.9. The van der Waals surface area contributed by atoms with E-state index in [9.17, 15) is 4.57 Å². The van der Waals surface area contributed by atoms with Crippen LogP contribution >= 0.6 is 7.14 Å². The highest BCUT2D eigenvalue weighted by atomic mass is 31.2. The van der Waals surface area contributed by atoms with Gasteiger partial charge in [-0.1, -0.05) is 40.0 Å². The van der Waals surface area contributed by atoms with Crippen molar-refractivity contribution in [3.63, 3.8) is 0 Å². The first-order chi connectivity index (χ1) is 5.68. The molecule has 0 aromatic rings. The second-order valence-corrected chi connectivity index (χ2v) is 7.30. The largest absolute Gasteiger partial charge is 0.324 e. The van der Waals surface area contributed by atoms with Gasteiger partial charge >= 0.3 is 0 Å². The zero-order valence-electron chi connectivity index (χ0n) is 8.81. The minimum atomic E-state index is -1.72. The molecule has 0 bridgehead atoms. The Hall–Kier alpha value is 0.230. The van der Waals surface area contributed by atoms with Crippen LogP contribution < -0.4 is 0 Å². The maximum atomic E-state index is 11.9. The van der Waals surface area contributed by atoms with Gasteiger partial charge in [0, 0.05) is 6.16 Å². The predicted molar refractivity (Wildman–Crippen MR) is 57.7 cm³/mol. The van der Waals surface area contributed by atoms with Gasteiger partial charge in [0.15, 0.2) is 0 Å². The van der Waals surface area contributed by atoms with Crippen molar-refractivity contribution in [3.05, 3.63) is 0 Å². The highest BCUT2D eigenvalue weighted by molar-refractivity contribution is 7.63. The second-order valence-electron chi connectivity index (χ2n) is 3.47. The van der Waals surface area contributed by atoms with Crippen LogP contribution in [0.4, 0.5) is 0 Å². The van der Waals surface area contributed by atoms with Gasteiger partial charge in [0.05, 0.1) is 7.14 Å². The van der Waals surface area contributed by atoms with E-state index in [0.29, 0.717) is 0 Å². The smallest absolute Gasteiger partial charge is 0.0872 e. The summed E-state index contributed by atoms with van der Waals surface area (Å²) in [5, 5.41) is 0. The molecule has 0 amide bonds. The first-order valence-electron chi connectivity index (χ1n) is 5.25. The summed E-state index contributed by atoms with van der Waals surface area (Å²) in [6.45, 7) is 6.33. The van der Waals surface area contributed by atoms with Gasteiger partial charge in [-0.25, -0.2) is 0 Å². The molecule has 0 heterocycles. The molecule has 12 heavy (non-hydrogen) atoms. The third kappa shape index (κ3) is 4.98. The lowest BCUT2D eigenvalue weighted by Gasteiger charge is -2.13. The van der Waals surface area contributed by atoms with Crippen molar-refractivity contribution in [2.45, 2.75) is 46.5 Å². The van der Waals surface area contributed by atoms with Gasteiger partial charge in [-0.2, -0.15) is 0 Å². The summed E-state index contributed by atoms with van der Waals surface area (Å²) in [6, 6.07) is 0. The van der Waals surface area contributed by atoms with Crippen molar-refractivity contribution < 1.29 is 4.57 Å². The molecule has 0 rings (SSSR count). The maximum Gasteiger partial charge on any atom is 0.0872 e. The SMILES string of the molecule is CCCCCCP(=O)(CC)CC. The highest BCUT2D eigenvalue weighted by Crippen LogP contribution is 2.45. The fraction of sp³-hybridized carbons (Fsp3) is 1.00. The number of rotatable bonds is 7. The van der Waals surface area contributed by atoms with E-state index in [0.717, 1.165) is 18.5 Å². The molecule has 0 aliphatic rings. The van der Waals surface area contributed by atoms with Crippen LogP contribution in [0.3, 0.4) is 0 Å². The molecule has 2 heteroatoms. The van der Waals surface area contributed by atoms with Crippen molar-refractivity contribution in [2.24, 2.45) is 0 Å². The highest BCUT2D eigenvalue weighted by Gasteiger charge is 2.15. The average molecular weight is 190 g/mol. The molecule has 0 saturated carbocycles. The van der Waals surface area contributed by atoms with E-state index in [1.807, 2.05) is 0 Å². The summed E-state index contributed by atoms with van der Waals surface area (Å²) in [5.41, 5.74) is 0. The Morgan fingerprint density at radius 2 is 1.50 bits per heavy atom. The third-order valence-electron chi connectivity index (χ3n) is 2.57. The zero-order chi connectivity index (χ0) is 9.45. The van der Waals surface area contributed by atoms with Crippen LogP contribution in [0.15, 0.2) is 0 Å². The number of unbranched alkanes of at least 4 members (excludes halogenated alkanes) is 3. The molecule has 0 atom stereocenters. The minimum Gasteiger partial charge on any atom is -0.324 e. The van der Waals surface area contributed by atoms with Gasteiger partial charge in [-0.3, -0.25) is 0 Å². The molecule has 0 aromatic carbocycles. The van der Waals surface area contributed by atoms with E-state index in [1.54, 1.807) is 0 Å². The van der Waals surface area contributed by atoms with Gasteiger partial charge in [-0.15, -0.1) is 0 Å². The van der Waals surface area contributed by atoms with E-state index < -0.39 is 7.14 Å². The van der Waals surface area contributed by atoms with Crippen LogP contribution in [0.2, 0.25) is 0 Å². The normalized spacial score (nSPS) is 11.9. The number of hydrogen-bond donors (Lipinski definition) is 0. The molecular weight excluding hydrogens is 167 g/mol. The average Bonchev–Trinajstić information content (AvgIpc) is 2.12. The molecule has 0 N–H and O–H groups in total. The Labute approximate surface area is 77.3 Å². The molecule has 0 fully saturated rings. The van der Waals surface area contributed by atoms with Crippen molar-refractivity contribution in [1.82, 2.24) is 0 Å². The molecule has 0 aliphatic heterocycles. The van der Waals surface area contributed by atoms with Crippen molar-refractivity contribution >= 4 is 7.14 Å². The number of hydrogen-bond acceptors (Lipinski definition) is 1. The first kappa shape index (κ1) is 12.2. The Balaban J connectivity index is 3.52. The molecule has 0 aliphatic carbocycles. The molecule has 0 saturated heterocycles. The Kier molecular flexibility index (Phi) is 6.84. The van der Waals surface area contributed by atoms with E-state index in [1.165, 1.54) is 25.7 Å². The Morgan fingerprint density at radius 1 is 0.917 bits per heavy atom. The lowest BCUT2D eigenvalue weighted by molar-refractivity contribution is 0.571. The summed E-state index contributed by atoms with van der Waals surface area (Å²) in [7, 11) is -1.72. The summed E-state index contributed by atoms with van der Waals surface area (Å²) >= 11 is 0. The van der Waals surface area contributed by atoms with E-state index in [4.69, 9.17) is 0 Å². The Bertz CT molecular complexity index is 135. The summed E-state index contributed by atoms with van der Waals surface area (Å²) in [6.07, 6.45) is 7.79. The monoisotopic (exact) mass is 190 g/mol. The van der Waals surface area contributed by atoms with Crippen LogP contribution in [-0.4, -0.2) is 18.5 Å². The van der Waals surface area contributed by atoms with Gasteiger partial charge in [0.1, 0.15) is 0 Å². The molecule has 0 radical (unpaired) electrons. The Morgan fingerprint density at radius 3 is 1.92 bits per heavy atom. The molecule has 1 nitrogen and oxygen atoms in total. The molecule has 0 spiro atoms. The van der Waals surface area contributed by atoms with Gasteiger partial charge < -0.3 is 4.57 Å². The quantitative estimate of drug-likeness (QED) is 0.438. The van der Waals surface area contributed by atoms with Crippen LogP contribution in [0.1, 0.15) is 46.5 Å². The lowest BCUT2D eigenvalue weighted by atomic mass is 10.2. The van der Waals surface area contributed by atoms with Gasteiger partial charge in [0.2, 0.25) is 0 Å². The topological polar surface area (TPSA) is 17.1 Å². The summed E-state index contributed by atoms with van der Waals surface area (Å²) in [5.74, 6) is 0. The first-order valence-corrected chi connectivity index (χ1v) is 7.52. The van der Waals surface area contributed by atoms with Gasteiger partial charge in [0.25, 0.3) is 0 Å². The molecule has 0 unspecified atom stereocenters. The lowest BCUT2D eigenvalue weighted by Crippen LogP contribution is -1.95. The second kappa shape index (κ2) is 6.71. The van der Waals surface area contributed by atoms with Gasteiger partial charge in [-0.05, 0) is 18.7 Å². The van der Waals surface area contributed by atoms with Crippen LogP contribution in [0.25, 0.3) is 0 Å². The van der Waals surface area contributed by atoms with Crippen molar-refractivity contribution in [1.29, 1.82) is 0 Å². The van der Waals surface area contributed by atoms with E-state index in [2.05, 4.69) is 20.8 Å². The summed E-state index contributed by atoms with van der Waals surface area (Å²) in [4.78, 5) is 0. The van der Waals surface area contributed by atoms with Crippen molar-refractivity contribution in [2.75, 3.05) is 18.5 Å². The van der Waals surface area contributed by atoms with Crippen LogP contribution in [0.5, 0.6) is 0 Å². The van der Waals surface area contributed by atoms with Crippen LogP contribution in [-0.2, 0) is 4.57 Å². The minimum absolute atomic E-state index is 0.898. The van der Waals surface area contributed by atoms with Crippen LogP contribution in [0, 0.1) is 0 Å². The fourth-order valence-corrected chi connectivity index (χ4v) is 3.25.